The van der Waals surface area contributed by atoms with Gasteiger partial charge < -0.3 is 10.1 Å². The predicted octanol–water partition coefficient (Wildman–Crippen LogP) is 4.30. The number of hydrogen-bond acceptors (Lipinski definition) is 5. The number of benzene rings is 2. The van der Waals surface area contributed by atoms with E-state index in [1.165, 1.54) is 0 Å². The normalized spacial score (nSPS) is 12.7. The molecule has 6 nitrogen and oxygen atoms in total. The molecular formula is C25H26N4O2. The molecule has 1 heterocycles. The van der Waals surface area contributed by atoms with E-state index in [0.29, 0.717) is 12.2 Å². The zero-order valence-corrected chi connectivity index (χ0v) is 17.7. The molecule has 0 saturated carbocycles. The molecule has 2 atom stereocenters. The lowest BCUT2D eigenvalue weighted by molar-refractivity contribution is -0.136. The molecule has 0 saturated heterocycles. The van der Waals surface area contributed by atoms with Crippen molar-refractivity contribution in [2.45, 2.75) is 32.5 Å². The van der Waals surface area contributed by atoms with Gasteiger partial charge in [-0.3, -0.25) is 4.79 Å². The predicted molar refractivity (Wildman–Crippen MR) is 119 cm³/mol. The van der Waals surface area contributed by atoms with Crippen molar-refractivity contribution in [3.63, 3.8) is 0 Å². The molecule has 158 valence electrons. The van der Waals surface area contributed by atoms with Gasteiger partial charge in [0.15, 0.2) is 5.82 Å². The lowest BCUT2D eigenvalue weighted by Crippen LogP contribution is -2.38. The van der Waals surface area contributed by atoms with Crippen molar-refractivity contribution in [1.82, 2.24) is 15.3 Å². The van der Waals surface area contributed by atoms with Gasteiger partial charge in [0, 0.05) is 18.0 Å². The van der Waals surface area contributed by atoms with Crippen molar-refractivity contribution >= 4 is 5.91 Å². The number of nitrogens with zero attached hydrogens (tertiary/aromatic N) is 3. The summed E-state index contributed by atoms with van der Waals surface area (Å²) in [5, 5.41) is 11.5. The molecule has 0 bridgehead atoms. The van der Waals surface area contributed by atoms with Gasteiger partial charge in [0.25, 0.3) is 0 Å². The molecule has 2 aromatic carbocycles. The quantitative estimate of drug-likeness (QED) is 0.527. The first-order valence-electron chi connectivity index (χ1n) is 10.3. The third-order valence-electron chi connectivity index (χ3n) is 4.76. The Bertz CT molecular complexity index is 999. The van der Waals surface area contributed by atoms with Crippen LogP contribution in [0.5, 0.6) is 0 Å². The van der Waals surface area contributed by atoms with Crippen molar-refractivity contribution < 1.29 is 9.53 Å². The lowest BCUT2D eigenvalue weighted by atomic mass is 9.98. The highest BCUT2D eigenvalue weighted by Crippen LogP contribution is 2.30. The van der Waals surface area contributed by atoms with Crippen LogP contribution in [0.3, 0.4) is 0 Å². The third kappa shape index (κ3) is 6.21. The van der Waals surface area contributed by atoms with E-state index in [4.69, 9.17) is 10.00 Å². The zero-order chi connectivity index (χ0) is 22.1. The number of hydrogen-bond donors (Lipinski definition) is 1. The first-order valence-corrected chi connectivity index (χ1v) is 10.3. The smallest absolute Gasteiger partial charge is 0.250 e. The summed E-state index contributed by atoms with van der Waals surface area (Å²) in [6.45, 7) is 4.04. The fourth-order valence-electron chi connectivity index (χ4n) is 3.29. The van der Waals surface area contributed by atoms with Gasteiger partial charge in [-0.2, -0.15) is 5.26 Å². The van der Waals surface area contributed by atoms with Crippen LogP contribution in [-0.2, 0) is 9.53 Å². The molecule has 0 radical (unpaired) electrons. The van der Waals surface area contributed by atoms with Gasteiger partial charge in [0.05, 0.1) is 6.07 Å². The molecule has 1 amide bonds. The van der Waals surface area contributed by atoms with Crippen LogP contribution >= 0.6 is 0 Å². The fourth-order valence-corrected chi connectivity index (χ4v) is 3.29. The zero-order valence-electron chi connectivity index (χ0n) is 17.7. The van der Waals surface area contributed by atoms with Crippen LogP contribution < -0.4 is 5.32 Å². The molecule has 1 unspecified atom stereocenters. The van der Waals surface area contributed by atoms with Crippen LogP contribution in [-0.4, -0.2) is 28.5 Å². The van der Waals surface area contributed by atoms with Crippen LogP contribution in [0.4, 0.5) is 0 Å². The van der Waals surface area contributed by atoms with Crippen LogP contribution in [0, 0.1) is 17.2 Å². The molecule has 31 heavy (non-hydrogen) atoms. The minimum Gasteiger partial charge on any atom is -0.356 e. The Morgan fingerprint density at radius 2 is 1.65 bits per heavy atom. The van der Waals surface area contributed by atoms with Gasteiger partial charge in [-0.1, -0.05) is 68.4 Å². The Morgan fingerprint density at radius 3 is 2.26 bits per heavy atom. The van der Waals surface area contributed by atoms with Crippen molar-refractivity contribution in [3.8, 4) is 17.5 Å². The number of nitriles is 1. The molecule has 6 heteroatoms. The minimum atomic E-state index is -0.671. The van der Waals surface area contributed by atoms with E-state index in [-0.39, 0.29) is 18.4 Å². The standard InChI is InChI=1S/C25H26N4O2/c1-18(2)17-22(25(30)29-16-13-26)31-23(19-7-4-3-5-8-19)20-9-11-21(12-10-20)24-27-14-6-15-28-24/h3-12,14-15,18,22-23H,16-17H2,1-2H3,(H,29,30)/t22-,23?/m0/s1. The summed E-state index contributed by atoms with van der Waals surface area (Å²) in [7, 11) is 0. The number of ether oxygens (including phenoxy) is 1. The number of nitrogens with one attached hydrogen (secondary N) is 1. The molecule has 0 fully saturated rings. The monoisotopic (exact) mass is 414 g/mol. The van der Waals surface area contributed by atoms with Crippen molar-refractivity contribution in [2.24, 2.45) is 5.92 Å². The summed E-state index contributed by atoms with van der Waals surface area (Å²) in [4.78, 5) is 21.3. The van der Waals surface area contributed by atoms with Gasteiger partial charge in [-0.15, -0.1) is 0 Å². The first-order chi connectivity index (χ1) is 15.1. The van der Waals surface area contributed by atoms with E-state index >= 15 is 0 Å². The first kappa shape index (κ1) is 22.1. The molecular weight excluding hydrogens is 388 g/mol. The third-order valence-corrected chi connectivity index (χ3v) is 4.76. The molecule has 0 spiro atoms. The highest BCUT2D eigenvalue weighted by molar-refractivity contribution is 5.81. The number of carbonyl (C=O) groups excluding carboxylic acids is 1. The molecule has 3 aromatic rings. The van der Waals surface area contributed by atoms with Gasteiger partial charge in [0.2, 0.25) is 5.91 Å². The second-order valence-electron chi connectivity index (χ2n) is 7.62. The fraction of sp³-hybridized carbons (Fsp3) is 0.280. The largest absolute Gasteiger partial charge is 0.356 e. The van der Waals surface area contributed by atoms with E-state index in [2.05, 4.69) is 15.3 Å². The van der Waals surface area contributed by atoms with Gasteiger partial charge in [0.1, 0.15) is 18.8 Å². The molecule has 1 aromatic heterocycles. The lowest BCUT2D eigenvalue weighted by Gasteiger charge is -2.26. The maximum absolute atomic E-state index is 12.7. The van der Waals surface area contributed by atoms with Crippen molar-refractivity contribution in [2.75, 3.05) is 6.54 Å². The molecule has 0 aliphatic heterocycles. The van der Waals surface area contributed by atoms with E-state index in [9.17, 15) is 4.79 Å². The van der Waals surface area contributed by atoms with Crippen molar-refractivity contribution in [3.05, 3.63) is 84.2 Å². The van der Waals surface area contributed by atoms with E-state index < -0.39 is 12.2 Å². The summed E-state index contributed by atoms with van der Waals surface area (Å²) in [6, 6.07) is 21.4. The van der Waals surface area contributed by atoms with Crippen LogP contribution in [0.15, 0.2) is 73.1 Å². The molecule has 3 rings (SSSR count). The summed E-state index contributed by atoms with van der Waals surface area (Å²) >= 11 is 0. The summed E-state index contributed by atoms with van der Waals surface area (Å²) in [5.41, 5.74) is 2.78. The van der Waals surface area contributed by atoms with Gasteiger partial charge >= 0.3 is 0 Å². The second kappa shape index (κ2) is 11.0. The van der Waals surface area contributed by atoms with Gasteiger partial charge in [-0.05, 0) is 29.5 Å². The van der Waals surface area contributed by atoms with Crippen molar-refractivity contribution in [1.29, 1.82) is 5.26 Å². The SMILES string of the molecule is CC(C)C[C@H](OC(c1ccccc1)c1ccc(-c2ncccn2)cc1)C(=O)NCC#N. The van der Waals surface area contributed by atoms with E-state index in [0.717, 1.165) is 16.7 Å². The average Bonchev–Trinajstić information content (AvgIpc) is 2.81. The van der Waals surface area contributed by atoms with Crippen LogP contribution in [0.2, 0.25) is 0 Å². The maximum atomic E-state index is 12.7. The number of carbonyl (C=O) groups is 1. The number of amides is 1. The molecule has 1 N–H and O–H groups in total. The Labute approximate surface area is 182 Å². The Morgan fingerprint density at radius 1 is 1.00 bits per heavy atom. The number of aromatic nitrogens is 2. The minimum absolute atomic E-state index is 0.0431. The Balaban J connectivity index is 1.91. The average molecular weight is 415 g/mol. The van der Waals surface area contributed by atoms with E-state index in [1.54, 1.807) is 18.5 Å². The van der Waals surface area contributed by atoms with E-state index in [1.807, 2.05) is 74.5 Å². The molecule has 0 aliphatic carbocycles. The maximum Gasteiger partial charge on any atom is 0.250 e. The topological polar surface area (TPSA) is 87.9 Å². The van der Waals surface area contributed by atoms with Crippen LogP contribution in [0.1, 0.15) is 37.5 Å². The Hall–Kier alpha value is -3.56. The Kier molecular flexibility index (Phi) is 7.85. The summed E-state index contributed by atoms with van der Waals surface area (Å²) in [6.07, 6.45) is 2.88. The second-order valence-corrected chi connectivity index (χ2v) is 7.62. The summed E-state index contributed by atoms with van der Waals surface area (Å²) in [5.74, 6) is 0.636. The highest BCUT2D eigenvalue weighted by Gasteiger charge is 2.26. The molecule has 0 aliphatic rings. The highest BCUT2D eigenvalue weighted by atomic mass is 16.5. The van der Waals surface area contributed by atoms with Crippen LogP contribution in [0.25, 0.3) is 11.4 Å². The van der Waals surface area contributed by atoms with Gasteiger partial charge in [-0.25, -0.2) is 9.97 Å². The summed E-state index contributed by atoms with van der Waals surface area (Å²) < 4.78 is 6.39. The number of rotatable bonds is 9.